The number of anilines is 1. The molecular weight excluding hydrogens is 334 g/mol. The van der Waals surface area contributed by atoms with Crippen molar-refractivity contribution in [1.82, 2.24) is 0 Å². The van der Waals surface area contributed by atoms with Crippen LogP contribution in [0.1, 0.15) is 16.8 Å². The van der Waals surface area contributed by atoms with Gasteiger partial charge in [0, 0.05) is 12.5 Å². The number of carbonyl (C=O) groups excluding carboxylic acids is 1. The normalized spacial score (nSPS) is 13.8. The van der Waals surface area contributed by atoms with Crippen LogP contribution in [0.4, 0.5) is 5.69 Å². The minimum Gasteiger partial charge on any atom is -0.545 e. The molecule has 1 aliphatic heterocycles. The molecule has 0 unspecified atom stereocenters. The smallest absolute Gasteiger partial charge is 0.261 e. The minimum absolute atomic E-state index is 0.0559. The second-order valence-electron chi connectivity index (χ2n) is 5.13. The number of aromatic carboxylic acids is 1. The van der Waals surface area contributed by atoms with Crippen molar-refractivity contribution in [2.75, 3.05) is 17.9 Å². The lowest BCUT2D eigenvalue weighted by molar-refractivity contribution is -0.255. The van der Waals surface area contributed by atoms with Crippen molar-refractivity contribution in [1.29, 1.82) is 0 Å². The maximum Gasteiger partial charge on any atom is 0.261 e. The van der Waals surface area contributed by atoms with E-state index in [0.717, 1.165) is 6.42 Å². The summed E-state index contributed by atoms with van der Waals surface area (Å²) in [6, 6.07) is 9.52. The van der Waals surface area contributed by atoms with Crippen LogP contribution >= 0.6 is 0 Å². The Morgan fingerprint density at radius 2 is 1.67 bits per heavy atom. The van der Waals surface area contributed by atoms with Crippen LogP contribution in [0.25, 0.3) is 0 Å². The number of carbonyl (C=O) groups is 1. The van der Waals surface area contributed by atoms with Gasteiger partial charge in [0.25, 0.3) is 10.0 Å². The van der Waals surface area contributed by atoms with Crippen molar-refractivity contribution < 1.29 is 27.8 Å². The Labute approximate surface area is 138 Å². The van der Waals surface area contributed by atoms with Gasteiger partial charge in [0.15, 0.2) is 11.5 Å². The molecule has 0 aliphatic carbocycles. The van der Waals surface area contributed by atoms with Crippen molar-refractivity contribution in [3.05, 3.63) is 48.0 Å². The molecule has 1 heterocycles. The van der Waals surface area contributed by atoms with Crippen LogP contribution in [0.3, 0.4) is 0 Å². The Morgan fingerprint density at radius 3 is 2.33 bits per heavy atom. The van der Waals surface area contributed by atoms with Crippen LogP contribution in [0.15, 0.2) is 47.4 Å². The van der Waals surface area contributed by atoms with E-state index in [1.807, 2.05) is 0 Å². The number of carboxylic acids is 1. The molecule has 0 saturated carbocycles. The van der Waals surface area contributed by atoms with E-state index in [-0.39, 0.29) is 10.5 Å². The van der Waals surface area contributed by atoms with Crippen molar-refractivity contribution >= 4 is 21.7 Å². The largest absolute Gasteiger partial charge is 0.545 e. The van der Waals surface area contributed by atoms with Crippen molar-refractivity contribution in [2.24, 2.45) is 0 Å². The SMILES string of the molecule is O=C([O-])c1ccc(S(=O)(=O)Nc2ccc3c(c2)OCCCO3)cc1. The van der Waals surface area contributed by atoms with Crippen LogP contribution in [-0.2, 0) is 10.0 Å². The van der Waals surface area contributed by atoms with Crippen LogP contribution in [-0.4, -0.2) is 27.6 Å². The summed E-state index contributed by atoms with van der Waals surface area (Å²) in [5.41, 5.74) is 0.229. The third kappa shape index (κ3) is 3.43. The molecule has 24 heavy (non-hydrogen) atoms. The fraction of sp³-hybridized carbons (Fsp3) is 0.188. The van der Waals surface area contributed by atoms with E-state index < -0.39 is 16.0 Å². The van der Waals surface area contributed by atoms with E-state index in [2.05, 4.69) is 4.72 Å². The highest BCUT2D eigenvalue weighted by Crippen LogP contribution is 2.33. The summed E-state index contributed by atoms with van der Waals surface area (Å²) in [5, 5.41) is 10.7. The Morgan fingerprint density at radius 1 is 1.00 bits per heavy atom. The lowest BCUT2D eigenvalue weighted by Gasteiger charge is -2.12. The summed E-state index contributed by atoms with van der Waals surface area (Å²) in [5.74, 6) is -0.330. The fourth-order valence-corrected chi connectivity index (χ4v) is 3.26. The first-order chi connectivity index (χ1) is 11.5. The van der Waals surface area contributed by atoms with Gasteiger partial charge in [-0.1, -0.05) is 12.1 Å². The summed E-state index contributed by atoms with van der Waals surface area (Å²) in [4.78, 5) is 10.7. The van der Waals surface area contributed by atoms with E-state index in [0.29, 0.717) is 30.4 Å². The Kier molecular flexibility index (Phi) is 4.30. The van der Waals surface area contributed by atoms with Gasteiger partial charge in [-0.2, -0.15) is 0 Å². The van der Waals surface area contributed by atoms with Crippen LogP contribution in [0, 0.1) is 0 Å². The quantitative estimate of drug-likeness (QED) is 0.884. The molecule has 8 heteroatoms. The molecule has 2 aromatic rings. The Hall–Kier alpha value is -2.74. The molecule has 0 aromatic heterocycles. The Balaban J connectivity index is 1.84. The molecule has 126 valence electrons. The molecule has 7 nitrogen and oxygen atoms in total. The molecular formula is C16H14NO6S-. The van der Waals surface area contributed by atoms with Gasteiger partial charge in [0.1, 0.15) is 0 Å². The lowest BCUT2D eigenvalue weighted by atomic mass is 10.2. The van der Waals surface area contributed by atoms with E-state index in [1.54, 1.807) is 18.2 Å². The first-order valence-electron chi connectivity index (χ1n) is 7.19. The zero-order valence-electron chi connectivity index (χ0n) is 12.5. The number of hydrogen-bond donors (Lipinski definition) is 1. The van der Waals surface area contributed by atoms with Gasteiger partial charge in [0.2, 0.25) is 0 Å². The third-order valence-electron chi connectivity index (χ3n) is 3.40. The number of benzene rings is 2. The second kappa shape index (κ2) is 6.40. The summed E-state index contributed by atoms with van der Waals surface area (Å²) in [6.45, 7) is 1.04. The van der Waals surface area contributed by atoms with Crippen LogP contribution in [0.5, 0.6) is 11.5 Å². The monoisotopic (exact) mass is 348 g/mol. The average molecular weight is 348 g/mol. The van der Waals surface area contributed by atoms with Gasteiger partial charge >= 0.3 is 0 Å². The number of rotatable bonds is 4. The number of ether oxygens (including phenoxy) is 2. The predicted octanol–water partition coefficient (Wildman–Crippen LogP) is 1.01. The zero-order valence-corrected chi connectivity index (χ0v) is 13.3. The van der Waals surface area contributed by atoms with Gasteiger partial charge in [-0.05, 0) is 29.8 Å². The first kappa shape index (κ1) is 16.1. The van der Waals surface area contributed by atoms with Gasteiger partial charge in [-0.15, -0.1) is 0 Å². The summed E-state index contributed by atoms with van der Waals surface area (Å²) >= 11 is 0. The average Bonchev–Trinajstić information content (AvgIpc) is 2.79. The van der Waals surface area contributed by atoms with E-state index >= 15 is 0 Å². The first-order valence-corrected chi connectivity index (χ1v) is 8.68. The molecule has 0 radical (unpaired) electrons. The molecule has 1 N–H and O–H groups in total. The predicted molar refractivity (Wildman–Crippen MR) is 83.6 cm³/mol. The molecule has 1 aliphatic rings. The fourth-order valence-electron chi connectivity index (χ4n) is 2.21. The molecule has 0 spiro atoms. The van der Waals surface area contributed by atoms with Gasteiger partial charge in [0.05, 0.1) is 29.8 Å². The molecule has 0 atom stereocenters. The highest BCUT2D eigenvalue weighted by atomic mass is 32.2. The maximum atomic E-state index is 12.4. The lowest BCUT2D eigenvalue weighted by Crippen LogP contribution is -2.22. The molecule has 2 aromatic carbocycles. The number of fused-ring (bicyclic) bond motifs is 1. The standard InChI is InChI=1S/C16H15NO6S/c18-16(19)11-2-5-13(6-3-11)24(20,21)17-12-4-7-14-15(10-12)23-9-1-8-22-14/h2-7,10,17H,1,8-9H2,(H,18,19)/p-1. The zero-order chi connectivity index (χ0) is 17.2. The van der Waals surface area contributed by atoms with Crippen molar-refractivity contribution in [2.45, 2.75) is 11.3 Å². The number of carboxylic acid groups (broad SMARTS) is 1. The van der Waals surface area contributed by atoms with Gasteiger partial charge < -0.3 is 19.4 Å². The summed E-state index contributed by atoms with van der Waals surface area (Å²) < 4.78 is 38.2. The number of nitrogens with one attached hydrogen (secondary N) is 1. The molecule has 0 fully saturated rings. The topological polar surface area (TPSA) is 105 Å². The van der Waals surface area contributed by atoms with Crippen LogP contribution < -0.4 is 19.3 Å². The molecule has 0 saturated heterocycles. The Bertz CT molecular complexity index is 861. The van der Waals surface area contributed by atoms with E-state index in [9.17, 15) is 18.3 Å². The molecule has 3 rings (SSSR count). The van der Waals surface area contributed by atoms with Crippen molar-refractivity contribution in [3.63, 3.8) is 0 Å². The highest BCUT2D eigenvalue weighted by Gasteiger charge is 2.17. The minimum atomic E-state index is -3.85. The van der Waals surface area contributed by atoms with Crippen molar-refractivity contribution in [3.8, 4) is 11.5 Å². The van der Waals surface area contributed by atoms with Gasteiger partial charge in [-0.25, -0.2) is 8.42 Å². The highest BCUT2D eigenvalue weighted by molar-refractivity contribution is 7.92. The van der Waals surface area contributed by atoms with Crippen LogP contribution in [0.2, 0.25) is 0 Å². The number of sulfonamides is 1. The summed E-state index contributed by atoms with van der Waals surface area (Å²) in [7, 11) is -3.85. The number of hydrogen-bond acceptors (Lipinski definition) is 6. The van der Waals surface area contributed by atoms with E-state index in [4.69, 9.17) is 9.47 Å². The molecule has 0 amide bonds. The summed E-state index contributed by atoms with van der Waals surface area (Å²) in [6.07, 6.45) is 0.751. The third-order valence-corrected chi connectivity index (χ3v) is 4.80. The molecule has 0 bridgehead atoms. The van der Waals surface area contributed by atoms with Gasteiger partial charge in [-0.3, -0.25) is 4.72 Å². The van der Waals surface area contributed by atoms with E-state index in [1.165, 1.54) is 24.3 Å². The second-order valence-corrected chi connectivity index (χ2v) is 6.81. The maximum absolute atomic E-state index is 12.4.